The van der Waals surface area contributed by atoms with Gasteiger partial charge in [-0.15, -0.1) is 0 Å². The minimum Gasteiger partial charge on any atom is -0.497 e. The Morgan fingerprint density at radius 1 is 1.41 bits per heavy atom. The number of benzene rings is 1. The summed E-state index contributed by atoms with van der Waals surface area (Å²) in [7, 11) is 3.88. The maximum absolute atomic E-state index is 5.25. The highest BCUT2D eigenvalue weighted by Gasteiger charge is 2.20. The van der Waals surface area contributed by atoms with E-state index in [-0.39, 0.29) is 0 Å². The summed E-state index contributed by atoms with van der Waals surface area (Å²) in [5.41, 5.74) is 1.15. The predicted octanol–water partition coefficient (Wildman–Crippen LogP) is 1.84. The van der Waals surface area contributed by atoms with Gasteiger partial charge in [0.25, 0.3) is 0 Å². The van der Waals surface area contributed by atoms with Gasteiger partial charge in [-0.2, -0.15) is 0 Å². The van der Waals surface area contributed by atoms with E-state index in [4.69, 9.17) is 4.74 Å². The van der Waals surface area contributed by atoms with E-state index >= 15 is 0 Å². The number of ether oxygens (including phenoxy) is 1. The molecule has 22 heavy (non-hydrogen) atoms. The molecule has 0 saturated carbocycles. The van der Waals surface area contributed by atoms with E-state index in [1.165, 1.54) is 19.4 Å². The van der Waals surface area contributed by atoms with Gasteiger partial charge in [-0.05, 0) is 51.1 Å². The number of guanidine groups is 1. The first-order valence-electron chi connectivity index (χ1n) is 8.08. The van der Waals surface area contributed by atoms with E-state index < -0.39 is 0 Å². The molecule has 1 saturated heterocycles. The van der Waals surface area contributed by atoms with Crippen LogP contribution in [0.4, 0.5) is 0 Å². The molecule has 2 N–H and O–H groups in total. The van der Waals surface area contributed by atoms with E-state index in [0.29, 0.717) is 12.6 Å². The zero-order chi connectivity index (χ0) is 15.8. The second kappa shape index (κ2) is 8.63. The Morgan fingerprint density at radius 2 is 2.27 bits per heavy atom. The average Bonchev–Trinajstić information content (AvgIpc) is 2.95. The topological polar surface area (TPSA) is 48.9 Å². The normalized spacial score (nSPS) is 19.2. The fraction of sp³-hybridized carbons (Fsp3) is 0.588. The van der Waals surface area contributed by atoms with Crippen LogP contribution in [-0.2, 0) is 6.54 Å². The maximum Gasteiger partial charge on any atom is 0.191 e. The number of nitrogens with one attached hydrogen (secondary N) is 2. The predicted molar refractivity (Wildman–Crippen MR) is 91.5 cm³/mol. The van der Waals surface area contributed by atoms with Crippen molar-refractivity contribution in [2.45, 2.75) is 32.4 Å². The van der Waals surface area contributed by atoms with Gasteiger partial charge in [-0.3, -0.25) is 0 Å². The van der Waals surface area contributed by atoms with Crippen LogP contribution in [0.1, 0.15) is 25.3 Å². The van der Waals surface area contributed by atoms with E-state index in [9.17, 15) is 0 Å². The molecule has 5 heteroatoms. The number of hydrogen-bond donors (Lipinski definition) is 2. The molecule has 0 amide bonds. The third-order valence-electron chi connectivity index (χ3n) is 4.07. The maximum atomic E-state index is 5.25. The summed E-state index contributed by atoms with van der Waals surface area (Å²) in [6, 6.07) is 8.66. The number of methoxy groups -OCH3 is 1. The van der Waals surface area contributed by atoms with Crippen LogP contribution < -0.4 is 15.4 Å². The molecular weight excluding hydrogens is 276 g/mol. The molecule has 0 spiro atoms. The van der Waals surface area contributed by atoms with Gasteiger partial charge in [-0.25, -0.2) is 4.99 Å². The molecule has 1 fully saturated rings. The van der Waals surface area contributed by atoms with Crippen LogP contribution in [0.25, 0.3) is 0 Å². The molecule has 5 nitrogen and oxygen atoms in total. The Balaban J connectivity index is 1.91. The van der Waals surface area contributed by atoms with Gasteiger partial charge < -0.3 is 20.3 Å². The number of aliphatic imine (C=N–C) groups is 1. The molecule has 1 unspecified atom stereocenters. The van der Waals surface area contributed by atoms with Crippen molar-refractivity contribution in [1.29, 1.82) is 0 Å². The monoisotopic (exact) mass is 304 g/mol. The molecule has 0 bridgehead atoms. The Morgan fingerprint density at radius 3 is 2.95 bits per heavy atom. The first-order valence-corrected chi connectivity index (χ1v) is 8.08. The molecule has 0 aliphatic carbocycles. The van der Waals surface area contributed by atoms with Crippen molar-refractivity contribution in [3.63, 3.8) is 0 Å². The second-order valence-electron chi connectivity index (χ2n) is 5.70. The van der Waals surface area contributed by atoms with E-state index in [1.54, 1.807) is 7.11 Å². The Hall–Kier alpha value is -1.75. The second-order valence-corrected chi connectivity index (χ2v) is 5.70. The number of likely N-dealkylation sites (tertiary alicyclic amines) is 1. The lowest BCUT2D eigenvalue weighted by Crippen LogP contribution is -2.44. The fourth-order valence-electron chi connectivity index (χ4n) is 2.73. The average molecular weight is 304 g/mol. The van der Waals surface area contributed by atoms with Gasteiger partial charge in [0, 0.05) is 19.1 Å². The van der Waals surface area contributed by atoms with Gasteiger partial charge in [0.05, 0.1) is 13.7 Å². The van der Waals surface area contributed by atoms with Gasteiger partial charge in [0.15, 0.2) is 5.96 Å². The molecule has 1 aliphatic rings. The highest BCUT2D eigenvalue weighted by molar-refractivity contribution is 5.79. The van der Waals surface area contributed by atoms with Crippen LogP contribution in [0.5, 0.6) is 5.75 Å². The number of hydrogen-bond acceptors (Lipinski definition) is 3. The van der Waals surface area contributed by atoms with Crippen LogP contribution in [0, 0.1) is 0 Å². The van der Waals surface area contributed by atoms with Crippen molar-refractivity contribution < 1.29 is 4.74 Å². The highest BCUT2D eigenvalue weighted by atomic mass is 16.5. The molecule has 122 valence electrons. The molecule has 1 aliphatic heterocycles. The van der Waals surface area contributed by atoms with Gasteiger partial charge in [0.1, 0.15) is 5.75 Å². The summed E-state index contributed by atoms with van der Waals surface area (Å²) in [5.74, 6) is 1.75. The summed E-state index contributed by atoms with van der Waals surface area (Å²) in [6.07, 6.45) is 2.55. The standard InChI is InChI=1S/C17H28N4O/c1-4-18-17(20-13-15-8-6-10-21(15)2)19-12-14-7-5-9-16(11-14)22-3/h5,7,9,11,15H,4,6,8,10,12-13H2,1-3H3,(H2,18,19,20). The van der Waals surface area contributed by atoms with Gasteiger partial charge in [0.2, 0.25) is 0 Å². The van der Waals surface area contributed by atoms with E-state index in [0.717, 1.165) is 30.4 Å². The summed E-state index contributed by atoms with van der Waals surface area (Å²) < 4.78 is 5.25. The number of rotatable bonds is 6. The molecule has 0 radical (unpaired) electrons. The van der Waals surface area contributed by atoms with Crippen molar-refractivity contribution >= 4 is 5.96 Å². The largest absolute Gasteiger partial charge is 0.497 e. The van der Waals surface area contributed by atoms with Crippen molar-refractivity contribution in [2.24, 2.45) is 4.99 Å². The Bertz CT molecular complexity index is 489. The van der Waals surface area contributed by atoms with Crippen LogP contribution in [0.2, 0.25) is 0 Å². The Kier molecular flexibility index (Phi) is 6.52. The third kappa shape index (κ3) is 4.91. The van der Waals surface area contributed by atoms with Crippen LogP contribution in [0.3, 0.4) is 0 Å². The third-order valence-corrected chi connectivity index (χ3v) is 4.07. The summed E-state index contributed by atoms with van der Waals surface area (Å²) >= 11 is 0. The fourth-order valence-corrected chi connectivity index (χ4v) is 2.73. The molecule has 1 aromatic carbocycles. The number of likely N-dealkylation sites (N-methyl/N-ethyl adjacent to an activating group) is 1. The van der Waals surface area contributed by atoms with E-state index in [1.807, 2.05) is 18.2 Å². The zero-order valence-electron chi connectivity index (χ0n) is 13.9. The van der Waals surface area contributed by atoms with Gasteiger partial charge >= 0.3 is 0 Å². The lowest BCUT2D eigenvalue weighted by atomic mass is 10.2. The smallest absolute Gasteiger partial charge is 0.191 e. The van der Waals surface area contributed by atoms with Crippen molar-refractivity contribution in [3.05, 3.63) is 29.8 Å². The Labute approximate surface area is 133 Å². The first-order chi connectivity index (χ1) is 10.7. The van der Waals surface area contributed by atoms with Crippen LogP contribution >= 0.6 is 0 Å². The highest BCUT2D eigenvalue weighted by Crippen LogP contribution is 2.14. The lowest BCUT2D eigenvalue weighted by molar-refractivity contribution is 0.309. The van der Waals surface area contributed by atoms with Crippen molar-refractivity contribution in [3.8, 4) is 5.75 Å². The van der Waals surface area contributed by atoms with Crippen LogP contribution in [-0.4, -0.2) is 50.7 Å². The van der Waals surface area contributed by atoms with E-state index in [2.05, 4.69) is 40.6 Å². The minimum atomic E-state index is 0.612. The quantitative estimate of drug-likeness (QED) is 0.622. The summed E-state index contributed by atoms with van der Waals surface area (Å²) in [6.45, 7) is 5.74. The molecule has 1 atom stereocenters. The molecular formula is C17H28N4O. The zero-order valence-corrected chi connectivity index (χ0v) is 13.9. The van der Waals surface area contributed by atoms with Crippen LogP contribution in [0.15, 0.2) is 29.3 Å². The molecule has 1 heterocycles. The summed E-state index contributed by atoms with van der Waals surface area (Å²) in [4.78, 5) is 7.08. The van der Waals surface area contributed by atoms with Crippen molar-refractivity contribution in [2.75, 3.05) is 33.8 Å². The summed E-state index contributed by atoms with van der Waals surface area (Å²) in [5, 5.41) is 6.77. The molecule has 0 aromatic heterocycles. The van der Waals surface area contributed by atoms with Gasteiger partial charge in [-0.1, -0.05) is 12.1 Å². The van der Waals surface area contributed by atoms with Crippen molar-refractivity contribution in [1.82, 2.24) is 15.5 Å². The minimum absolute atomic E-state index is 0.612. The molecule has 2 rings (SSSR count). The SMILES string of the molecule is CCNC(=NCc1cccc(OC)c1)NCC1CCCN1C. The lowest BCUT2D eigenvalue weighted by Gasteiger charge is -2.21. The first kappa shape index (κ1) is 16.6. The molecule has 1 aromatic rings. The number of nitrogens with zero attached hydrogens (tertiary/aromatic N) is 2.